The predicted molar refractivity (Wildman–Crippen MR) is 164 cm³/mol. The maximum absolute atomic E-state index is 11.5. The standard InChI is InChI=1S/3C11H9N3O.Co/c3*15-11(9-5-1-3-7-12-9)14-10-6-2-4-8-13-10;/h3*1-8H,(H,13,14,15);/q;;;+3/p-3. The summed E-state index contributed by atoms with van der Waals surface area (Å²) < 4.78 is 0. The Hall–Kier alpha value is -6.18. The topological polar surface area (TPSA) is 184 Å². The van der Waals surface area contributed by atoms with Crippen LogP contribution < -0.4 is 15.3 Å². The molecule has 0 unspecified atom stereocenters. The van der Waals surface area contributed by atoms with Crippen LogP contribution in [0.4, 0.5) is 17.5 Å². The molecule has 6 rings (SSSR count). The fourth-order valence-electron chi connectivity index (χ4n) is 3.21. The number of aromatic nitrogens is 6. The second kappa shape index (κ2) is 19.2. The van der Waals surface area contributed by atoms with Crippen LogP contribution in [0.15, 0.2) is 161 Å². The van der Waals surface area contributed by atoms with Gasteiger partial charge in [0, 0.05) is 54.9 Å². The molecule has 0 amide bonds. The maximum Gasteiger partial charge on any atom is 3.00 e. The molecular weight excluding hydrogens is 629 g/mol. The molecule has 228 valence electrons. The molecule has 13 heteroatoms. The van der Waals surface area contributed by atoms with E-state index < -0.39 is 0 Å². The largest absolute Gasteiger partial charge is 3.00 e. The van der Waals surface area contributed by atoms with Crippen molar-refractivity contribution >= 4 is 35.1 Å². The van der Waals surface area contributed by atoms with Crippen LogP contribution in [0.5, 0.6) is 0 Å². The van der Waals surface area contributed by atoms with Gasteiger partial charge in [-0.25, -0.2) is 29.9 Å². The summed E-state index contributed by atoms with van der Waals surface area (Å²) in [5.41, 5.74) is 0.967. The van der Waals surface area contributed by atoms with Crippen molar-refractivity contribution in [3.05, 3.63) is 163 Å². The summed E-state index contributed by atoms with van der Waals surface area (Å²) in [5.74, 6) is 0.0485. The van der Waals surface area contributed by atoms with Gasteiger partial charge < -0.3 is 15.3 Å². The Balaban J connectivity index is 0.000000186. The second-order valence-electron chi connectivity index (χ2n) is 8.46. The number of rotatable bonds is 6. The quantitative estimate of drug-likeness (QED) is 0.193. The third-order valence-electron chi connectivity index (χ3n) is 5.25. The average Bonchev–Trinajstić information content (AvgIpc) is 3.11. The van der Waals surface area contributed by atoms with E-state index in [-0.39, 0.29) is 34.5 Å². The van der Waals surface area contributed by atoms with Gasteiger partial charge in [0.05, 0.1) is 17.1 Å². The molecule has 0 aliphatic carbocycles. The molecule has 0 fully saturated rings. The zero-order valence-electron chi connectivity index (χ0n) is 23.9. The van der Waals surface area contributed by atoms with Crippen LogP contribution in [0.2, 0.25) is 0 Å². The van der Waals surface area contributed by atoms with Crippen LogP contribution in [0.3, 0.4) is 0 Å². The van der Waals surface area contributed by atoms with Crippen LogP contribution in [0.1, 0.15) is 17.1 Å². The summed E-state index contributed by atoms with van der Waals surface area (Å²) in [4.78, 5) is 34.9. The molecule has 0 saturated heterocycles. The molecule has 0 N–H and O–H groups in total. The van der Waals surface area contributed by atoms with Gasteiger partial charge in [-0.2, -0.15) is 0 Å². The number of nitrogens with zero attached hydrogens (tertiary/aromatic N) is 9. The van der Waals surface area contributed by atoms with Crippen molar-refractivity contribution in [3.63, 3.8) is 0 Å². The first-order valence-electron chi connectivity index (χ1n) is 13.3. The summed E-state index contributed by atoms with van der Waals surface area (Å²) in [6.45, 7) is 0. The zero-order chi connectivity index (χ0) is 31.5. The smallest absolute Gasteiger partial charge is 0.857 e. The summed E-state index contributed by atoms with van der Waals surface area (Å²) in [7, 11) is 0. The summed E-state index contributed by atoms with van der Waals surface area (Å²) in [5, 5.41) is 34.6. The molecule has 0 aromatic carbocycles. The SMILES string of the molecule is [Co+3].[O-]/C(=N\c1ccccn1)c1ccccn1.[O-]/C(=N\c1ccccn1)c1ccccn1.[O-]/C(=N\c1ccccn1)c1ccccn1. The normalized spacial score (nSPS) is 11.1. The molecule has 0 saturated carbocycles. The Bertz CT molecular complexity index is 1580. The molecule has 12 nitrogen and oxygen atoms in total. The molecule has 6 aromatic heterocycles. The van der Waals surface area contributed by atoms with Gasteiger partial charge in [0.2, 0.25) is 0 Å². The van der Waals surface area contributed by atoms with Crippen molar-refractivity contribution in [2.24, 2.45) is 15.0 Å². The van der Waals surface area contributed by atoms with Crippen molar-refractivity contribution in [2.75, 3.05) is 0 Å². The second-order valence-corrected chi connectivity index (χ2v) is 8.46. The van der Waals surface area contributed by atoms with Crippen molar-refractivity contribution in [1.29, 1.82) is 0 Å². The predicted octanol–water partition coefficient (Wildman–Crippen LogP) is 2.74. The van der Waals surface area contributed by atoms with Gasteiger partial charge >= 0.3 is 16.8 Å². The average molecular weight is 654 g/mol. The molecule has 0 atom stereocenters. The van der Waals surface area contributed by atoms with Gasteiger partial charge in [-0.05, 0) is 72.8 Å². The first-order chi connectivity index (χ1) is 22.1. The van der Waals surface area contributed by atoms with Crippen LogP contribution in [-0.2, 0) is 16.8 Å². The van der Waals surface area contributed by atoms with Crippen LogP contribution in [-0.4, -0.2) is 47.6 Å². The van der Waals surface area contributed by atoms with E-state index in [1.54, 1.807) is 146 Å². The van der Waals surface area contributed by atoms with Gasteiger partial charge in [0.25, 0.3) is 0 Å². The van der Waals surface area contributed by atoms with Crippen LogP contribution in [0, 0.1) is 0 Å². The van der Waals surface area contributed by atoms with E-state index in [9.17, 15) is 15.3 Å². The van der Waals surface area contributed by atoms with Crippen LogP contribution in [0.25, 0.3) is 0 Å². The molecule has 6 aromatic rings. The molecular formula is C33H24CoN9O3. The summed E-state index contributed by atoms with van der Waals surface area (Å²) in [6.07, 6.45) is 9.43. The first kappa shape index (κ1) is 34.3. The van der Waals surface area contributed by atoms with Crippen molar-refractivity contribution in [1.82, 2.24) is 29.9 Å². The third-order valence-corrected chi connectivity index (χ3v) is 5.25. The number of hydrogen-bond donors (Lipinski definition) is 0. The summed E-state index contributed by atoms with van der Waals surface area (Å²) in [6, 6.07) is 31.0. The third kappa shape index (κ3) is 11.8. The van der Waals surface area contributed by atoms with Gasteiger partial charge in [-0.1, -0.05) is 36.4 Å². The van der Waals surface area contributed by atoms with Gasteiger partial charge in [0.1, 0.15) is 0 Å². The maximum atomic E-state index is 11.5. The van der Waals surface area contributed by atoms with Gasteiger partial charge in [-0.15, -0.1) is 0 Å². The van der Waals surface area contributed by atoms with Crippen LogP contribution >= 0.6 is 0 Å². The Morgan fingerprint density at radius 1 is 0.348 bits per heavy atom. The molecule has 0 spiro atoms. The van der Waals surface area contributed by atoms with Crippen molar-refractivity contribution < 1.29 is 32.1 Å². The minimum absolute atomic E-state index is 0. The molecule has 6 heterocycles. The van der Waals surface area contributed by atoms with E-state index in [1.165, 1.54) is 0 Å². The fraction of sp³-hybridized carbons (Fsp3) is 0. The van der Waals surface area contributed by atoms with E-state index in [4.69, 9.17) is 0 Å². The molecule has 0 radical (unpaired) electrons. The Morgan fingerprint density at radius 2 is 0.587 bits per heavy atom. The molecule has 0 aliphatic heterocycles. The number of pyridine rings is 6. The van der Waals surface area contributed by atoms with Crippen molar-refractivity contribution in [3.8, 4) is 0 Å². The summed E-state index contributed by atoms with van der Waals surface area (Å²) >= 11 is 0. The van der Waals surface area contributed by atoms with E-state index in [0.717, 1.165) is 0 Å². The van der Waals surface area contributed by atoms with Crippen molar-refractivity contribution in [2.45, 2.75) is 0 Å². The monoisotopic (exact) mass is 653 g/mol. The number of aliphatic imine (C=N–C) groups is 3. The first-order valence-corrected chi connectivity index (χ1v) is 13.3. The minimum atomic E-state index is -0.380. The van der Waals surface area contributed by atoms with E-state index in [2.05, 4.69) is 44.9 Å². The zero-order valence-corrected chi connectivity index (χ0v) is 25.0. The molecule has 46 heavy (non-hydrogen) atoms. The Labute approximate surface area is 275 Å². The minimum Gasteiger partial charge on any atom is -0.857 e. The van der Waals surface area contributed by atoms with E-state index >= 15 is 0 Å². The van der Waals surface area contributed by atoms with Gasteiger partial charge in [0.15, 0.2) is 17.5 Å². The number of hydrogen-bond acceptors (Lipinski definition) is 12. The van der Waals surface area contributed by atoms with E-state index in [0.29, 0.717) is 34.5 Å². The fourth-order valence-corrected chi connectivity index (χ4v) is 3.21. The molecule has 0 aliphatic rings. The Kier molecular flexibility index (Phi) is 14.3. The molecule has 0 bridgehead atoms. The van der Waals surface area contributed by atoms with Gasteiger partial charge in [-0.3, -0.25) is 15.0 Å². The Morgan fingerprint density at radius 3 is 0.783 bits per heavy atom. The van der Waals surface area contributed by atoms with E-state index in [1.807, 2.05) is 0 Å².